The number of allylic oxidation sites excluding steroid dienone is 1. The number of nitrogens with zero attached hydrogens (tertiary/aromatic N) is 1. The van der Waals surface area contributed by atoms with Gasteiger partial charge < -0.3 is 4.74 Å². The minimum Gasteiger partial charge on any atom is -0.491 e. The molecule has 0 bridgehead atoms. The van der Waals surface area contributed by atoms with Crippen molar-refractivity contribution in [1.82, 2.24) is 0 Å². The van der Waals surface area contributed by atoms with Crippen LogP contribution in [0.4, 0.5) is 0 Å². The predicted octanol–water partition coefficient (Wildman–Crippen LogP) is 3.75. The summed E-state index contributed by atoms with van der Waals surface area (Å²) in [5.41, 5.74) is 1.03. The second-order valence-electron chi connectivity index (χ2n) is 4.72. The van der Waals surface area contributed by atoms with Gasteiger partial charge in [-0.05, 0) is 31.5 Å². The average Bonchev–Trinajstić information content (AvgIpc) is 2.26. The lowest BCUT2D eigenvalue weighted by molar-refractivity contribution is -0.431. The van der Waals surface area contributed by atoms with Crippen LogP contribution in [0.3, 0.4) is 0 Å². The summed E-state index contributed by atoms with van der Waals surface area (Å²) in [6.45, 7) is 7.53. The molecule has 0 saturated heterocycles. The fourth-order valence-corrected chi connectivity index (χ4v) is 1.52. The third kappa shape index (κ3) is 4.20. The number of rotatable bonds is 5. The van der Waals surface area contributed by atoms with Gasteiger partial charge in [-0.25, -0.2) is 0 Å². The molecule has 1 aromatic carbocycles. The smallest absolute Gasteiger partial charge is 0.249 e. The summed E-state index contributed by atoms with van der Waals surface area (Å²) < 4.78 is 5.51. The maximum atomic E-state index is 10.9. The Morgan fingerprint density at radius 2 is 1.78 bits per heavy atom. The molecule has 0 amide bonds. The largest absolute Gasteiger partial charge is 0.491 e. The molecule has 0 aromatic heterocycles. The van der Waals surface area contributed by atoms with Gasteiger partial charge in [-0.2, -0.15) is 0 Å². The molecule has 0 heterocycles. The van der Waals surface area contributed by atoms with Gasteiger partial charge in [-0.3, -0.25) is 10.1 Å². The molecule has 0 fully saturated rings. The zero-order valence-electron chi connectivity index (χ0n) is 11.2. The number of hydrogen-bond donors (Lipinski definition) is 0. The van der Waals surface area contributed by atoms with Crippen LogP contribution in [-0.4, -0.2) is 11.0 Å². The summed E-state index contributed by atoms with van der Waals surface area (Å²) in [6, 6.07) is 7.29. The SMILES string of the molecule is CC(C)Oc1ccc(/C=C(/C(C)C)[N+](=O)[O-])cc1. The molecule has 1 aromatic rings. The van der Waals surface area contributed by atoms with Crippen molar-refractivity contribution in [2.45, 2.75) is 33.8 Å². The van der Waals surface area contributed by atoms with Crippen molar-refractivity contribution < 1.29 is 9.66 Å². The van der Waals surface area contributed by atoms with Gasteiger partial charge in [0.2, 0.25) is 5.70 Å². The summed E-state index contributed by atoms with van der Waals surface area (Å²) in [7, 11) is 0. The van der Waals surface area contributed by atoms with Crippen molar-refractivity contribution in [3.8, 4) is 5.75 Å². The maximum Gasteiger partial charge on any atom is 0.249 e. The topological polar surface area (TPSA) is 52.4 Å². The lowest BCUT2D eigenvalue weighted by Crippen LogP contribution is -2.06. The molecular formula is C14H19NO3. The van der Waals surface area contributed by atoms with E-state index in [-0.39, 0.29) is 22.6 Å². The molecule has 0 spiro atoms. The summed E-state index contributed by atoms with van der Waals surface area (Å²) in [4.78, 5) is 10.5. The monoisotopic (exact) mass is 249 g/mol. The Kier molecular flexibility index (Phi) is 4.89. The van der Waals surface area contributed by atoms with Crippen LogP contribution in [0.2, 0.25) is 0 Å². The molecule has 4 heteroatoms. The summed E-state index contributed by atoms with van der Waals surface area (Å²) in [6.07, 6.45) is 1.72. The number of hydrogen-bond acceptors (Lipinski definition) is 3. The Bertz CT molecular complexity index is 433. The highest BCUT2D eigenvalue weighted by Crippen LogP contribution is 2.18. The first-order valence-corrected chi connectivity index (χ1v) is 6.03. The van der Waals surface area contributed by atoms with Gasteiger partial charge in [-0.15, -0.1) is 0 Å². The first kappa shape index (κ1) is 14.2. The average molecular weight is 249 g/mol. The van der Waals surface area contributed by atoms with E-state index in [4.69, 9.17) is 4.74 Å². The Morgan fingerprint density at radius 1 is 1.22 bits per heavy atom. The predicted molar refractivity (Wildman–Crippen MR) is 72.0 cm³/mol. The molecule has 0 aliphatic rings. The van der Waals surface area contributed by atoms with E-state index in [0.717, 1.165) is 11.3 Å². The highest BCUT2D eigenvalue weighted by Gasteiger charge is 2.15. The first-order chi connectivity index (χ1) is 8.40. The number of nitro groups is 1. The van der Waals surface area contributed by atoms with E-state index < -0.39 is 0 Å². The molecule has 0 atom stereocenters. The third-order valence-corrected chi connectivity index (χ3v) is 2.37. The lowest BCUT2D eigenvalue weighted by Gasteiger charge is -2.09. The van der Waals surface area contributed by atoms with E-state index in [9.17, 15) is 10.1 Å². The van der Waals surface area contributed by atoms with Crippen LogP contribution >= 0.6 is 0 Å². The van der Waals surface area contributed by atoms with Crippen LogP contribution in [0.25, 0.3) is 6.08 Å². The molecule has 0 unspecified atom stereocenters. The summed E-state index contributed by atoms with van der Waals surface area (Å²) in [5, 5.41) is 10.9. The van der Waals surface area contributed by atoms with Gasteiger partial charge in [0.15, 0.2) is 0 Å². The van der Waals surface area contributed by atoms with Crippen molar-refractivity contribution in [2.75, 3.05) is 0 Å². The van der Waals surface area contributed by atoms with Crippen molar-refractivity contribution >= 4 is 6.08 Å². The van der Waals surface area contributed by atoms with Gasteiger partial charge in [-0.1, -0.05) is 26.0 Å². The minimum absolute atomic E-state index is 0.105. The lowest BCUT2D eigenvalue weighted by atomic mass is 10.1. The van der Waals surface area contributed by atoms with E-state index in [1.807, 2.05) is 52.0 Å². The first-order valence-electron chi connectivity index (χ1n) is 6.03. The van der Waals surface area contributed by atoms with Crippen molar-refractivity contribution in [2.24, 2.45) is 5.92 Å². The molecule has 4 nitrogen and oxygen atoms in total. The number of ether oxygens (including phenoxy) is 1. The van der Waals surface area contributed by atoms with Crippen LogP contribution in [0.15, 0.2) is 30.0 Å². The Balaban J connectivity index is 2.91. The standard InChI is InChI=1S/C14H19NO3/c1-10(2)14(15(16)17)9-12-5-7-13(8-6-12)18-11(3)4/h5-11H,1-4H3/b14-9-. The normalized spacial score (nSPS) is 12.0. The van der Waals surface area contributed by atoms with E-state index in [2.05, 4.69) is 0 Å². The van der Waals surface area contributed by atoms with Crippen molar-refractivity contribution in [3.63, 3.8) is 0 Å². The second-order valence-corrected chi connectivity index (χ2v) is 4.72. The van der Waals surface area contributed by atoms with Gasteiger partial charge in [0.1, 0.15) is 5.75 Å². The fourth-order valence-electron chi connectivity index (χ4n) is 1.52. The summed E-state index contributed by atoms with van der Waals surface area (Å²) in [5.74, 6) is 0.668. The molecule has 0 saturated carbocycles. The van der Waals surface area contributed by atoms with Crippen LogP contribution in [0, 0.1) is 16.0 Å². The quantitative estimate of drug-likeness (QED) is 0.590. The maximum absolute atomic E-state index is 10.9. The van der Waals surface area contributed by atoms with Gasteiger partial charge in [0, 0.05) is 12.0 Å². The van der Waals surface area contributed by atoms with E-state index in [0.29, 0.717) is 0 Å². The second kappa shape index (κ2) is 6.19. The van der Waals surface area contributed by atoms with E-state index >= 15 is 0 Å². The molecule has 0 N–H and O–H groups in total. The van der Waals surface area contributed by atoms with Crippen LogP contribution in [-0.2, 0) is 0 Å². The van der Waals surface area contributed by atoms with Crippen LogP contribution in [0.1, 0.15) is 33.3 Å². The van der Waals surface area contributed by atoms with Gasteiger partial charge in [0.25, 0.3) is 0 Å². The zero-order chi connectivity index (χ0) is 13.7. The molecular weight excluding hydrogens is 230 g/mol. The highest BCUT2D eigenvalue weighted by atomic mass is 16.6. The zero-order valence-corrected chi connectivity index (χ0v) is 11.2. The molecule has 98 valence electrons. The Labute approximate surface area is 107 Å². The van der Waals surface area contributed by atoms with Crippen LogP contribution in [0.5, 0.6) is 5.75 Å². The van der Waals surface area contributed by atoms with E-state index in [1.54, 1.807) is 6.08 Å². The van der Waals surface area contributed by atoms with Crippen molar-refractivity contribution in [3.05, 3.63) is 45.6 Å². The van der Waals surface area contributed by atoms with Gasteiger partial charge >= 0.3 is 0 Å². The third-order valence-electron chi connectivity index (χ3n) is 2.37. The molecule has 0 radical (unpaired) electrons. The summed E-state index contributed by atoms with van der Waals surface area (Å²) >= 11 is 0. The molecule has 0 aliphatic heterocycles. The highest BCUT2D eigenvalue weighted by molar-refractivity contribution is 5.52. The Hall–Kier alpha value is -1.84. The van der Waals surface area contributed by atoms with Crippen LogP contribution < -0.4 is 4.74 Å². The molecule has 18 heavy (non-hydrogen) atoms. The van der Waals surface area contributed by atoms with Crippen molar-refractivity contribution in [1.29, 1.82) is 0 Å². The van der Waals surface area contributed by atoms with E-state index in [1.165, 1.54) is 0 Å². The minimum atomic E-state index is -0.330. The van der Waals surface area contributed by atoms with Gasteiger partial charge in [0.05, 0.1) is 11.0 Å². The Morgan fingerprint density at radius 3 is 2.17 bits per heavy atom. The molecule has 0 aliphatic carbocycles. The molecule has 1 rings (SSSR count). The fraction of sp³-hybridized carbons (Fsp3) is 0.429. The number of benzene rings is 1.